The highest BCUT2D eigenvalue weighted by molar-refractivity contribution is 5.88. The van der Waals surface area contributed by atoms with Crippen molar-refractivity contribution >= 4 is 16.6 Å². The molecule has 0 fully saturated rings. The first-order valence-electron chi connectivity index (χ1n) is 11.7. The standard InChI is InChI=1S/C31H23N3O/c1-21(18-32)30-25-16-15-22(17-24(25)20-35-29-14-8-5-11-26(29)30)19-34-28-13-7-6-12-27(28)33-31(34)23-9-3-2-4-10-23/h2-17H,19-20H2,1H3/b30-21+. The second-order valence-corrected chi connectivity index (χ2v) is 8.76. The molecule has 0 atom stereocenters. The minimum atomic E-state index is 0.457. The van der Waals surface area contributed by atoms with Gasteiger partial charge in [-0.2, -0.15) is 5.26 Å². The van der Waals surface area contributed by atoms with Gasteiger partial charge in [-0.15, -0.1) is 0 Å². The van der Waals surface area contributed by atoms with Crippen LogP contribution in [-0.4, -0.2) is 9.55 Å². The maximum absolute atomic E-state index is 9.74. The van der Waals surface area contributed by atoms with Crippen LogP contribution < -0.4 is 4.74 Å². The van der Waals surface area contributed by atoms with Gasteiger partial charge in [0.15, 0.2) is 0 Å². The number of rotatable bonds is 3. The largest absolute Gasteiger partial charge is 0.488 e. The maximum Gasteiger partial charge on any atom is 0.141 e. The number of hydrogen-bond donors (Lipinski definition) is 0. The molecule has 4 nitrogen and oxygen atoms in total. The summed E-state index contributed by atoms with van der Waals surface area (Å²) in [7, 11) is 0. The molecule has 1 aliphatic heterocycles. The van der Waals surface area contributed by atoms with Crippen molar-refractivity contribution in [2.24, 2.45) is 0 Å². The van der Waals surface area contributed by atoms with E-state index in [2.05, 4.69) is 59.2 Å². The maximum atomic E-state index is 9.74. The van der Waals surface area contributed by atoms with Crippen LogP contribution in [0, 0.1) is 11.3 Å². The highest BCUT2D eigenvalue weighted by Gasteiger charge is 2.22. The molecule has 4 aromatic carbocycles. The third-order valence-corrected chi connectivity index (χ3v) is 6.55. The second-order valence-electron chi connectivity index (χ2n) is 8.76. The van der Waals surface area contributed by atoms with Gasteiger partial charge in [0.1, 0.15) is 18.2 Å². The van der Waals surface area contributed by atoms with Gasteiger partial charge in [0.05, 0.1) is 17.1 Å². The molecular formula is C31H23N3O. The first kappa shape index (κ1) is 20.9. The van der Waals surface area contributed by atoms with Crippen molar-refractivity contribution < 1.29 is 4.74 Å². The Morgan fingerprint density at radius 3 is 2.54 bits per heavy atom. The van der Waals surface area contributed by atoms with Gasteiger partial charge in [-0.3, -0.25) is 0 Å². The number of allylic oxidation sites excluding steroid dienone is 1. The minimum Gasteiger partial charge on any atom is -0.488 e. The number of para-hydroxylation sites is 3. The van der Waals surface area contributed by atoms with Crippen molar-refractivity contribution in [3.63, 3.8) is 0 Å². The van der Waals surface area contributed by atoms with Crippen molar-refractivity contribution in [2.45, 2.75) is 20.1 Å². The molecule has 0 radical (unpaired) electrons. The molecule has 0 unspecified atom stereocenters. The molecule has 35 heavy (non-hydrogen) atoms. The van der Waals surface area contributed by atoms with Gasteiger partial charge in [0.2, 0.25) is 0 Å². The summed E-state index contributed by atoms with van der Waals surface area (Å²) in [5, 5.41) is 9.74. The van der Waals surface area contributed by atoms with Crippen LogP contribution in [0.4, 0.5) is 0 Å². The Bertz CT molecular complexity index is 1640. The van der Waals surface area contributed by atoms with Crippen LogP contribution in [0.25, 0.3) is 28.0 Å². The van der Waals surface area contributed by atoms with Gasteiger partial charge in [0.25, 0.3) is 0 Å². The zero-order valence-electron chi connectivity index (χ0n) is 19.4. The van der Waals surface area contributed by atoms with E-state index in [0.717, 1.165) is 56.0 Å². The zero-order chi connectivity index (χ0) is 23.8. The lowest BCUT2D eigenvalue weighted by molar-refractivity contribution is 0.307. The fraction of sp³-hybridized carbons (Fsp3) is 0.0968. The summed E-state index contributed by atoms with van der Waals surface area (Å²) < 4.78 is 8.46. The molecule has 6 rings (SSSR count). The number of imidazole rings is 1. The first-order chi connectivity index (χ1) is 17.2. The lowest BCUT2D eigenvalue weighted by atomic mass is 9.90. The zero-order valence-corrected chi connectivity index (χ0v) is 19.4. The average Bonchev–Trinajstić information content (AvgIpc) is 3.18. The van der Waals surface area contributed by atoms with Gasteiger partial charge in [-0.1, -0.05) is 72.8 Å². The Morgan fingerprint density at radius 2 is 1.69 bits per heavy atom. The molecule has 0 saturated heterocycles. The van der Waals surface area contributed by atoms with Crippen molar-refractivity contribution in [3.8, 4) is 23.2 Å². The molecule has 0 saturated carbocycles. The van der Waals surface area contributed by atoms with E-state index in [1.165, 1.54) is 0 Å². The lowest BCUT2D eigenvalue weighted by Gasteiger charge is -2.14. The highest BCUT2D eigenvalue weighted by atomic mass is 16.5. The van der Waals surface area contributed by atoms with Crippen LogP contribution in [-0.2, 0) is 13.2 Å². The van der Waals surface area contributed by atoms with Crippen molar-refractivity contribution in [1.29, 1.82) is 5.26 Å². The number of nitriles is 1. The Labute approximate surface area is 204 Å². The quantitative estimate of drug-likeness (QED) is 0.277. The number of nitrogens with zero attached hydrogens (tertiary/aromatic N) is 3. The molecular weight excluding hydrogens is 430 g/mol. The minimum absolute atomic E-state index is 0.457. The fourth-order valence-corrected chi connectivity index (χ4v) is 4.89. The van der Waals surface area contributed by atoms with E-state index in [4.69, 9.17) is 9.72 Å². The fourth-order valence-electron chi connectivity index (χ4n) is 4.89. The molecule has 4 heteroatoms. The Kier molecular flexibility index (Phi) is 5.16. The summed E-state index contributed by atoms with van der Waals surface area (Å²) in [6, 6.07) is 35.4. The SMILES string of the molecule is C/C(C#N)=C1/c2ccc(Cn3c(-c4ccccc4)nc4ccccc43)cc2COc2ccccc21. The highest BCUT2D eigenvalue weighted by Crippen LogP contribution is 2.39. The van der Waals surface area contributed by atoms with Crippen LogP contribution in [0.5, 0.6) is 5.75 Å². The lowest BCUT2D eigenvalue weighted by Crippen LogP contribution is -2.04. The molecule has 0 N–H and O–H groups in total. The number of hydrogen-bond acceptors (Lipinski definition) is 3. The van der Waals surface area contributed by atoms with Crippen LogP contribution in [0.15, 0.2) is 103 Å². The van der Waals surface area contributed by atoms with Crippen LogP contribution in [0.2, 0.25) is 0 Å². The number of aromatic nitrogens is 2. The van der Waals surface area contributed by atoms with Gasteiger partial charge < -0.3 is 9.30 Å². The number of fused-ring (bicyclic) bond motifs is 3. The first-order valence-corrected chi connectivity index (χ1v) is 11.7. The normalized spacial score (nSPS) is 13.8. The summed E-state index contributed by atoms with van der Waals surface area (Å²) in [5.41, 5.74) is 9.06. The monoisotopic (exact) mass is 453 g/mol. The number of ether oxygens (including phenoxy) is 1. The van der Waals surface area contributed by atoms with Gasteiger partial charge in [-0.25, -0.2) is 4.98 Å². The summed E-state index contributed by atoms with van der Waals surface area (Å²) in [5.74, 6) is 1.76. The third-order valence-electron chi connectivity index (χ3n) is 6.55. The van der Waals surface area contributed by atoms with Gasteiger partial charge >= 0.3 is 0 Å². The van der Waals surface area contributed by atoms with Crippen molar-refractivity contribution in [2.75, 3.05) is 0 Å². The van der Waals surface area contributed by atoms with E-state index in [-0.39, 0.29) is 0 Å². The smallest absolute Gasteiger partial charge is 0.141 e. The Morgan fingerprint density at radius 1 is 0.914 bits per heavy atom. The molecule has 0 aliphatic carbocycles. The molecule has 1 aliphatic rings. The van der Waals surface area contributed by atoms with Crippen molar-refractivity contribution in [1.82, 2.24) is 9.55 Å². The summed E-state index contributed by atoms with van der Waals surface area (Å²) >= 11 is 0. The number of benzene rings is 4. The van der Waals surface area contributed by atoms with E-state index in [1.807, 2.05) is 55.5 Å². The predicted octanol–water partition coefficient (Wildman–Crippen LogP) is 6.99. The third kappa shape index (κ3) is 3.68. The van der Waals surface area contributed by atoms with Crippen LogP contribution >= 0.6 is 0 Å². The molecule has 0 amide bonds. The van der Waals surface area contributed by atoms with E-state index in [0.29, 0.717) is 18.7 Å². The molecule has 0 bridgehead atoms. The Hall–Kier alpha value is -4.62. The summed E-state index contributed by atoms with van der Waals surface area (Å²) in [4.78, 5) is 4.95. The Balaban J connectivity index is 1.47. The molecule has 1 aromatic heterocycles. The van der Waals surface area contributed by atoms with E-state index in [9.17, 15) is 5.26 Å². The van der Waals surface area contributed by atoms with E-state index >= 15 is 0 Å². The van der Waals surface area contributed by atoms with E-state index < -0.39 is 0 Å². The van der Waals surface area contributed by atoms with Crippen LogP contribution in [0.1, 0.15) is 29.2 Å². The van der Waals surface area contributed by atoms with Gasteiger partial charge in [-0.05, 0) is 47.9 Å². The topological polar surface area (TPSA) is 50.8 Å². The van der Waals surface area contributed by atoms with E-state index in [1.54, 1.807) is 0 Å². The molecule has 0 spiro atoms. The van der Waals surface area contributed by atoms with Gasteiger partial charge in [0, 0.05) is 28.8 Å². The molecule has 2 heterocycles. The molecule has 168 valence electrons. The summed E-state index contributed by atoms with van der Waals surface area (Å²) in [6.07, 6.45) is 0. The molecule has 5 aromatic rings. The second kappa shape index (κ2) is 8.62. The van der Waals surface area contributed by atoms with Crippen LogP contribution in [0.3, 0.4) is 0 Å². The summed E-state index contributed by atoms with van der Waals surface area (Å²) in [6.45, 7) is 3.01. The average molecular weight is 454 g/mol. The van der Waals surface area contributed by atoms with Crippen molar-refractivity contribution in [3.05, 3.63) is 125 Å². The predicted molar refractivity (Wildman–Crippen MR) is 139 cm³/mol.